The van der Waals surface area contributed by atoms with E-state index in [4.69, 9.17) is 5.73 Å². The molecule has 0 bridgehead atoms. The van der Waals surface area contributed by atoms with E-state index in [0.29, 0.717) is 6.54 Å². The van der Waals surface area contributed by atoms with Gasteiger partial charge in [0, 0.05) is 16.8 Å². The molecule has 0 saturated heterocycles. The van der Waals surface area contributed by atoms with E-state index in [-0.39, 0.29) is 23.8 Å². The molecule has 1 aromatic carbocycles. The van der Waals surface area contributed by atoms with Crippen LogP contribution in [0.25, 0.3) is 0 Å². The lowest BCUT2D eigenvalue weighted by Crippen LogP contribution is -2.38. The minimum absolute atomic E-state index is 0.0759. The first-order valence-electron chi connectivity index (χ1n) is 8.01. The molecule has 1 aromatic heterocycles. The zero-order valence-electron chi connectivity index (χ0n) is 13.3. The second kappa shape index (κ2) is 7.05. The Morgan fingerprint density at radius 1 is 1.17 bits per heavy atom. The molecule has 1 heterocycles. The molecular weight excluding hydrogens is 322 g/mol. The van der Waals surface area contributed by atoms with Gasteiger partial charge in [0.05, 0.1) is 12.5 Å². The van der Waals surface area contributed by atoms with E-state index < -0.39 is 6.03 Å². The van der Waals surface area contributed by atoms with Gasteiger partial charge in [0.25, 0.3) is 0 Å². The summed E-state index contributed by atoms with van der Waals surface area (Å²) in [5, 5.41) is 7.58. The van der Waals surface area contributed by atoms with Crippen LogP contribution in [0.1, 0.15) is 35.7 Å². The van der Waals surface area contributed by atoms with E-state index >= 15 is 0 Å². The minimum atomic E-state index is -0.621. The van der Waals surface area contributed by atoms with Crippen LogP contribution in [0.15, 0.2) is 47.8 Å². The summed E-state index contributed by atoms with van der Waals surface area (Å²) in [5.41, 5.74) is 6.58. The normalized spacial score (nSPS) is 16.2. The van der Waals surface area contributed by atoms with Gasteiger partial charge in [-0.3, -0.25) is 4.79 Å². The van der Waals surface area contributed by atoms with Crippen molar-refractivity contribution in [2.75, 3.05) is 6.54 Å². The predicted octanol–water partition coefficient (Wildman–Crippen LogP) is 2.70. The van der Waals surface area contributed by atoms with E-state index in [1.54, 1.807) is 0 Å². The quantitative estimate of drug-likeness (QED) is 0.722. The number of thiophene rings is 1. The maximum Gasteiger partial charge on any atom is 0.312 e. The molecule has 3 rings (SSSR count). The van der Waals surface area contributed by atoms with Gasteiger partial charge in [-0.25, -0.2) is 4.79 Å². The molecule has 0 unspecified atom stereocenters. The second-order valence-corrected chi connectivity index (χ2v) is 7.18. The lowest BCUT2D eigenvalue weighted by Gasteiger charge is -2.19. The lowest BCUT2D eigenvalue weighted by atomic mass is 9.96. The first kappa shape index (κ1) is 16.5. The number of hydrogen-bond acceptors (Lipinski definition) is 3. The molecule has 4 N–H and O–H groups in total. The molecule has 5 nitrogen and oxygen atoms in total. The highest BCUT2D eigenvalue weighted by atomic mass is 32.1. The Morgan fingerprint density at radius 3 is 2.50 bits per heavy atom. The minimum Gasteiger partial charge on any atom is -0.355 e. The molecule has 2 aromatic rings. The average molecular weight is 343 g/mol. The molecular formula is C18H21N3O2S. The number of nitrogens with two attached hydrogens (primary N) is 1. The number of carbonyl (C=O) groups excluding carboxylic acids is 2. The zero-order chi connectivity index (χ0) is 17.0. The van der Waals surface area contributed by atoms with Crippen molar-refractivity contribution >= 4 is 23.3 Å². The third kappa shape index (κ3) is 3.94. The van der Waals surface area contributed by atoms with Crippen molar-refractivity contribution in [1.29, 1.82) is 0 Å². The highest BCUT2D eigenvalue weighted by Gasteiger charge is 2.44. The van der Waals surface area contributed by atoms with E-state index in [9.17, 15) is 9.59 Å². The smallest absolute Gasteiger partial charge is 0.312 e. The molecule has 0 aliphatic heterocycles. The molecule has 126 valence electrons. The fourth-order valence-electron chi connectivity index (χ4n) is 2.92. The highest BCUT2D eigenvalue weighted by molar-refractivity contribution is 7.10. The first-order valence-corrected chi connectivity index (χ1v) is 8.89. The van der Waals surface area contributed by atoms with Crippen molar-refractivity contribution in [2.45, 2.75) is 30.7 Å². The van der Waals surface area contributed by atoms with Crippen molar-refractivity contribution in [2.24, 2.45) is 5.73 Å². The topological polar surface area (TPSA) is 84.2 Å². The van der Waals surface area contributed by atoms with E-state index in [2.05, 4.69) is 22.8 Å². The fraction of sp³-hybridized carbons (Fsp3) is 0.333. The summed E-state index contributed by atoms with van der Waals surface area (Å²) >= 11 is 1.50. The Hall–Kier alpha value is -2.34. The van der Waals surface area contributed by atoms with Crippen molar-refractivity contribution in [3.63, 3.8) is 0 Å². The van der Waals surface area contributed by atoms with Crippen LogP contribution < -0.4 is 16.4 Å². The Morgan fingerprint density at radius 2 is 1.92 bits per heavy atom. The van der Waals surface area contributed by atoms with E-state index in [0.717, 1.165) is 17.7 Å². The van der Waals surface area contributed by atoms with Gasteiger partial charge in [0.2, 0.25) is 5.91 Å². The van der Waals surface area contributed by atoms with Crippen LogP contribution in [-0.4, -0.2) is 18.5 Å². The number of hydrogen-bond donors (Lipinski definition) is 3. The second-order valence-electron chi connectivity index (χ2n) is 6.20. The maximum absolute atomic E-state index is 12.3. The molecule has 6 heteroatoms. The van der Waals surface area contributed by atoms with Gasteiger partial charge >= 0.3 is 6.03 Å². The fourth-order valence-corrected chi connectivity index (χ4v) is 3.70. The third-order valence-electron chi connectivity index (χ3n) is 4.46. The van der Waals surface area contributed by atoms with Gasteiger partial charge < -0.3 is 16.4 Å². The largest absolute Gasteiger partial charge is 0.355 e. The zero-order valence-corrected chi connectivity index (χ0v) is 14.1. The summed E-state index contributed by atoms with van der Waals surface area (Å²) in [6.45, 7) is 0.629. The van der Waals surface area contributed by atoms with Gasteiger partial charge in [-0.05, 0) is 29.9 Å². The Labute approximate surface area is 145 Å². The molecule has 1 fully saturated rings. The van der Waals surface area contributed by atoms with Gasteiger partial charge in [0.1, 0.15) is 0 Å². The number of amides is 3. The summed E-state index contributed by atoms with van der Waals surface area (Å²) in [7, 11) is 0. The molecule has 0 spiro atoms. The van der Waals surface area contributed by atoms with Crippen LogP contribution in [0, 0.1) is 0 Å². The van der Waals surface area contributed by atoms with Crippen molar-refractivity contribution in [3.8, 4) is 0 Å². The van der Waals surface area contributed by atoms with Crippen LogP contribution in [0.2, 0.25) is 0 Å². The molecule has 1 atom stereocenters. The molecule has 1 aliphatic rings. The van der Waals surface area contributed by atoms with Gasteiger partial charge in [-0.2, -0.15) is 0 Å². The van der Waals surface area contributed by atoms with Crippen LogP contribution in [-0.2, 0) is 10.2 Å². The van der Waals surface area contributed by atoms with Crippen LogP contribution >= 0.6 is 11.3 Å². The number of benzene rings is 1. The van der Waals surface area contributed by atoms with Crippen molar-refractivity contribution in [1.82, 2.24) is 10.6 Å². The van der Waals surface area contributed by atoms with E-state index in [1.165, 1.54) is 16.9 Å². The summed E-state index contributed by atoms with van der Waals surface area (Å²) < 4.78 is 0. The number of urea groups is 1. The number of nitrogens with one attached hydrogen (secondary N) is 2. The SMILES string of the molecule is NC(=O)N[C@@H](CC(=O)NCC1(c2ccccc2)CC1)c1cccs1. The monoisotopic (exact) mass is 343 g/mol. The maximum atomic E-state index is 12.3. The molecule has 1 saturated carbocycles. The lowest BCUT2D eigenvalue weighted by molar-refractivity contribution is -0.121. The first-order chi connectivity index (χ1) is 11.6. The summed E-state index contributed by atoms with van der Waals surface area (Å²) in [4.78, 5) is 24.4. The Balaban J connectivity index is 1.58. The molecule has 0 radical (unpaired) electrons. The highest BCUT2D eigenvalue weighted by Crippen LogP contribution is 2.47. The molecule has 24 heavy (non-hydrogen) atoms. The molecule has 3 amide bonds. The van der Waals surface area contributed by atoms with Crippen molar-refractivity contribution in [3.05, 3.63) is 58.3 Å². The number of rotatable bonds is 7. The number of primary amides is 1. The van der Waals surface area contributed by atoms with Gasteiger partial charge in [-0.15, -0.1) is 11.3 Å². The van der Waals surface area contributed by atoms with Gasteiger partial charge in [0.15, 0.2) is 0 Å². The standard InChI is InChI=1S/C18H21N3O2S/c19-17(23)21-14(15-7-4-10-24-15)11-16(22)20-12-18(8-9-18)13-5-2-1-3-6-13/h1-7,10,14H,8-9,11-12H2,(H,20,22)(H3,19,21,23)/t14-/m0/s1. The number of carbonyl (C=O) groups is 2. The Bertz CT molecular complexity index is 696. The van der Waals surface area contributed by atoms with Crippen molar-refractivity contribution < 1.29 is 9.59 Å². The van der Waals surface area contributed by atoms with Crippen LogP contribution in [0.4, 0.5) is 4.79 Å². The van der Waals surface area contributed by atoms with Crippen LogP contribution in [0.5, 0.6) is 0 Å². The average Bonchev–Trinajstić information content (AvgIpc) is 3.16. The predicted molar refractivity (Wildman–Crippen MR) is 94.8 cm³/mol. The third-order valence-corrected chi connectivity index (χ3v) is 5.44. The van der Waals surface area contributed by atoms with Crippen LogP contribution in [0.3, 0.4) is 0 Å². The molecule has 1 aliphatic carbocycles. The van der Waals surface area contributed by atoms with Gasteiger partial charge in [-0.1, -0.05) is 36.4 Å². The Kier molecular flexibility index (Phi) is 4.85. The van der Waals surface area contributed by atoms with E-state index in [1.807, 2.05) is 35.7 Å². The summed E-state index contributed by atoms with van der Waals surface area (Å²) in [6, 6.07) is 13.1. The summed E-state index contributed by atoms with van der Waals surface area (Å²) in [5.74, 6) is -0.0793. The summed E-state index contributed by atoms with van der Waals surface area (Å²) in [6.07, 6.45) is 2.37.